The highest BCUT2D eigenvalue weighted by atomic mass is 16.5. The maximum Gasteiger partial charge on any atom is 0.193 e. The molecule has 10 rings (SSSR count). The zero-order valence-corrected chi connectivity index (χ0v) is 24.0. The lowest BCUT2D eigenvalue weighted by atomic mass is 9.52. The van der Waals surface area contributed by atoms with E-state index in [1.54, 1.807) is 0 Å². The van der Waals surface area contributed by atoms with E-state index in [9.17, 15) is 0 Å². The van der Waals surface area contributed by atoms with Crippen molar-refractivity contribution in [3.63, 3.8) is 0 Å². The molecule has 1 aliphatic carbocycles. The molecule has 1 unspecified atom stereocenters. The fourth-order valence-corrected chi connectivity index (χ4v) is 7.90. The van der Waals surface area contributed by atoms with Gasteiger partial charge in [-0.25, -0.2) is 0 Å². The van der Waals surface area contributed by atoms with Crippen molar-refractivity contribution in [1.82, 2.24) is 0 Å². The summed E-state index contributed by atoms with van der Waals surface area (Å²) >= 11 is 0. The number of hydrogen-bond acceptors (Lipinski definition) is 2. The van der Waals surface area contributed by atoms with Crippen LogP contribution in [0.1, 0.15) is 22.6 Å². The van der Waals surface area contributed by atoms with Gasteiger partial charge in [0.1, 0.15) is 0 Å². The standard InChI is InChI=1S/C41H26BNO/c1-2-10-24(11-3-1)26-22-31(30-15-9-19-36-41(30)43-34-17-6-7-18-35(34)44-36)40-32(23-26)39-37-27-13-5-4-12-25(27)20-21-29(37)28-14-8-16-33(42-40)38(28)39/h1-23,39,42-43H. The van der Waals surface area contributed by atoms with E-state index in [4.69, 9.17) is 4.74 Å². The average Bonchev–Trinajstić information content (AvgIpc) is 3.44. The normalized spacial score (nSPS) is 14.7. The van der Waals surface area contributed by atoms with E-state index in [2.05, 4.69) is 133 Å². The summed E-state index contributed by atoms with van der Waals surface area (Å²) in [7, 11) is 0.895. The van der Waals surface area contributed by atoms with E-state index in [0.717, 1.165) is 30.2 Å². The average molecular weight is 559 g/mol. The second-order valence-electron chi connectivity index (χ2n) is 12.1. The highest BCUT2D eigenvalue weighted by Gasteiger charge is 2.39. The van der Waals surface area contributed by atoms with Crippen molar-refractivity contribution in [2.24, 2.45) is 0 Å². The zero-order valence-electron chi connectivity index (χ0n) is 24.0. The van der Waals surface area contributed by atoms with Crippen molar-refractivity contribution in [2.45, 2.75) is 5.92 Å². The van der Waals surface area contributed by atoms with E-state index >= 15 is 0 Å². The fraction of sp³-hybridized carbons (Fsp3) is 0.0244. The van der Waals surface area contributed by atoms with Gasteiger partial charge in [0.2, 0.25) is 0 Å². The molecule has 1 N–H and O–H groups in total. The molecule has 7 aromatic carbocycles. The number of fused-ring (bicyclic) bond motifs is 9. The molecule has 204 valence electrons. The van der Waals surface area contributed by atoms with Crippen LogP contribution in [-0.2, 0) is 0 Å². The Morgan fingerprint density at radius 2 is 1.32 bits per heavy atom. The third-order valence-corrected chi connectivity index (χ3v) is 9.79. The molecule has 0 aromatic heterocycles. The summed E-state index contributed by atoms with van der Waals surface area (Å²) in [5, 5.41) is 6.39. The molecule has 44 heavy (non-hydrogen) atoms. The third kappa shape index (κ3) is 3.32. The first-order valence-electron chi connectivity index (χ1n) is 15.4. The van der Waals surface area contributed by atoms with Crippen LogP contribution in [0.15, 0.2) is 140 Å². The zero-order chi connectivity index (χ0) is 28.8. The van der Waals surface area contributed by atoms with Gasteiger partial charge >= 0.3 is 0 Å². The van der Waals surface area contributed by atoms with Crippen LogP contribution in [0.25, 0.3) is 44.2 Å². The van der Waals surface area contributed by atoms with E-state index in [1.165, 1.54) is 71.8 Å². The van der Waals surface area contributed by atoms with E-state index in [1.807, 2.05) is 12.1 Å². The molecule has 0 fully saturated rings. The molecule has 2 heterocycles. The van der Waals surface area contributed by atoms with Gasteiger partial charge in [0.15, 0.2) is 18.8 Å². The second kappa shape index (κ2) is 8.98. The molecule has 2 nitrogen and oxygen atoms in total. The number of benzene rings is 7. The third-order valence-electron chi connectivity index (χ3n) is 9.79. The Morgan fingerprint density at radius 3 is 2.27 bits per heavy atom. The van der Waals surface area contributed by atoms with Crippen molar-refractivity contribution in [2.75, 3.05) is 5.32 Å². The first-order valence-corrected chi connectivity index (χ1v) is 15.4. The van der Waals surface area contributed by atoms with E-state index in [-0.39, 0.29) is 5.92 Å². The summed E-state index contributed by atoms with van der Waals surface area (Å²) in [6.07, 6.45) is 0. The van der Waals surface area contributed by atoms with Gasteiger partial charge in [-0.15, -0.1) is 0 Å². The van der Waals surface area contributed by atoms with Gasteiger partial charge in [-0.1, -0.05) is 126 Å². The number of ether oxygens (including phenoxy) is 1. The molecule has 1 atom stereocenters. The lowest BCUT2D eigenvalue weighted by Gasteiger charge is -2.31. The monoisotopic (exact) mass is 559 g/mol. The fourth-order valence-electron chi connectivity index (χ4n) is 7.90. The van der Waals surface area contributed by atoms with E-state index < -0.39 is 0 Å². The first-order chi connectivity index (χ1) is 21.8. The Bertz CT molecular complexity index is 2320. The summed E-state index contributed by atoms with van der Waals surface area (Å²) in [5.41, 5.74) is 16.8. The molecule has 3 heteroatoms. The minimum absolute atomic E-state index is 0.179. The van der Waals surface area contributed by atoms with Crippen LogP contribution >= 0.6 is 0 Å². The maximum absolute atomic E-state index is 6.44. The molecular weight excluding hydrogens is 533 g/mol. The van der Waals surface area contributed by atoms with Gasteiger partial charge in [0.05, 0.1) is 11.4 Å². The molecule has 0 saturated carbocycles. The molecular formula is C41H26BNO. The van der Waals surface area contributed by atoms with Crippen LogP contribution in [-0.4, -0.2) is 7.28 Å². The number of anilines is 2. The highest BCUT2D eigenvalue weighted by Crippen LogP contribution is 2.52. The number of para-hydroxylation sites is 3. The summed E-state index contributed by atoms with van der Waals surface area (Å²) in [6.45, 7) is 0. The van der Waals surface area contributed by atoms with Gasteiger partial charge in [-0.2, -0.15) is 0 Å². The molecule has 2 aliphatic heterocycles. The first kappa shape index (κ1) is 24.0. The Morgan fingerprint density at radius 1 is 0.545 bits per heavy atom. The quantitative estimate of drug-likeness (QED) is 0.214. The Labute approximate surface area is 256 Å². The number of hydrogen-bond donors (Lipinski definition) is 1. The van der Waals surface area contributed by atoms with Gasteiger partial charge < -0.3 is 10.1 Å². The molecule has 0 radical (unpaired) electrons. The predicted molar refractivity (Wildman–Crippen MR) is 184 cm³/mol. The molecule has 0 saturated heterocycles. The molecule has 0 amide bonds. The minimum Gasteiger partial charge on any atom is -0.453 e. The van der Waals surface area contributed by atoms with Crippen LogP contribution in [0.4, 0.5) is 11.4 Å². The lowest BCUT2D eigenvalue weighted by Crippen LogP contribution is -2.40. The highest BCUT2D eigenvalue weighted by molar-refractivity contribution is 6.71. The summed E-state index contributed by atoms with van der Waals surface area (Å²) in [4.78, 5) is 0. The van der Waals surface area contributed by atoms with E-state index in [0.29, 0.717) is 0 Å². The van der Waals surface area contributed by atoms with Crippen LogP contribution in [0.2, 0.25) is 0 Å². The van der Waals surface area contributed by atoms with Gasteiger partial charge in [-0.3, -0.25) is 0 Å². The molecule has 0 bridgehead atoms. The summed E-state index contributed by atoms with van der Waals surface area (Å²) < 4.78 is 6.44. The predicted octanol–water partition coefficient (Wildman–Crippen LogP) is 8.88. The van der Waals surface area contributed by atoms with Gasteiger partial charge in [0, 0.05) is 11.5 Å². The Hall–Kier alpha value is -5.54. The topological polar surface area (TPSA) is 21.3 Å². The SMILES string of the molecule is B1c2cccc3c2C(c2cc(-c4ccccc4)cc(-c4cccc5c4Nc4ccccc4O5)c21)c1c-3ccc2ccccc12. The van der Waals surface area contributed by atoms with Crippen molar-refractivity contribution < 1.29 is 4.74 Å². The van der Waals surface area contributed by atoms with Gasteiger partial charge in [-0.05, 0) is 79.5 Å². The minimum atomic E-state index is 0.179. The summed E-state index contributed by atoms with van der Waals surface area (Å²) in [5.74, 6) is 1.89. The van der Waals surface area contributed by atoms with Crippen LogP contribution in [0, 0.1) is 0 Å². The summed E-state index contributed by atoms with van der Waals surface area (Å²) in [6, 6.07) is 50.7. The number of rotatable bonds is 2. The molecule has 7 aromatic rings. The van der Waals surface area contributed by atoms with Crippen molar-refractivity contribution in [1.29, 1.82) is 0 Å². The van der Waals surface area contributed by atoms with Crippen molar-refractivity contribution in [3.8, 4) is 44.9 Å². The number of nitrogens with one attached hydrogen (secondary N) is 1. The van der Waals surface area contributed by atoms with Crippen LogP contribution in [0.3, 0.4) is 0 Å². The lowest BCUT2D eigenvalue weighted by molar-refractivity contribution is 0.481. The van der Waals surface area contributed by atoms with Crippen molar-refractivity contribution >= 4 is 40.4 Å². The van der Waals surface area contributed by atoms with Crippen molar-refractivity contribution in [3.05, 3.63) is 156 Å². The smallest absolute Gasteiger partial charge is 0.193 e. The maximum atomic E-state index is 6.44. The Kier molecular flexibility index (Phi) is 4.89. The van der Waals surface area contributed by atoms with Crippen LogP contribution in [0.5, 0.6) is 11.5 Å². The molecule has 0 spiro atoms. The van der Waals surface area contributed by atoms with Crippen LogP contribution < -0.4 is 21.0 Å². The second-order valence-corrected chi connectivity index (χ2v) is 12.1. The molecule has 3 aliphatic rings. The Balaban J connectivity index is 1.28. The largest absolute Gasteiger partial charge is 0.453 e. The van der Waals surface area contributed by atoms with Gasteiger partial charge in [0.25, 0.3) is 0 Å².